The molecule has 1 N–H and O–H groups in total. The van der Waals surface area contributed by atoms with Gasteiger partial charge in [-0.25, -0.2) is 0 Å². The third kappa shape index (κ3) is 5.48. The minimum Gasteiger partial charge on any atom is -0.497 e. The maximum atomic E-state index is 12.9. The van der Waals surface area contributed by atoms with Crippen molar-refractivity contribution in [3.8, 4) is 23.0 Å². The molecule has 6 heteroatoms. The molecule has 0 saturated carbocycles. The van der Waals surface area contributed by atoms with Gasteiger partial charge in [-0.15, -0.1) is 0 Å². The fourth-order valence-electron chi connectivity index (χ4n) is 3.20. The van der Waals surface area contributed by atoms with E-state index >= 15 is 0 Å². The Kier molecular flexibility index (Phi) is 7.38. The summed E-state index contributed by atoms with van der Waals surface area (Å²) in [5.41, 5.74) is 2.34. The van der Waals surface area contributed by atoms with E-state index in [2.05, 4.69) is 5.32 Å². The lowest BCUT2D eigenvalue weighted by molar-refractivity contribution is 0.0939. The molecule has 0 fully saturated rings. The fourth-order valence-corrected chi connectivity index (χ4v) is 3.20. The van der Waals surface area contributed by atoms with E-state index in [0.29, 0.717) is 35.2 Å². The number of rotatable bonds is 9. The molecule has 0 aliphatic rings. The smallest absolute Gasteiger partial charge is 0.251 e. The Morgan fingerprint density at radius 1 is 0.839 bits per heavy atom. The second-order valence-corrected chi connectivity index (χ2v) is 6.94. The molecule has 0 unspecified atom stereocenters. The lowest BCUT2D eigenvalue weighted by Crippen LogP contribution is -2.27. The molecule has 0 aromatic heterocycles. The first-order valence-corrected chi connectivity index (χ1v) is 9.93. The van der Waals surface area contributed by atoms with E-state index in [1.165, 1.54) is 0 Å². The minimum atomic E-state index is -0.294. The van der Waals surface area contributed by atoms with E-state index in [0.717, 1.165) is 11.1 Å². The maximum absolute atomic E-state index is 12.9. The SMILES string of the molecule is COc1ccc(OC)c([C@H](C)NC(=O)c2ccc(OCc3ccccc3)c(OC)c2)c1. The number of hydrogen-bond acceptors (Lipinski definition) is 5. The standard InChI is InChI=1S/C25H27NO5/c1-17(21-15-20(28-2)11-13-22(21)29-3)26-25(27)19-10-12-23(24(14-19)30-4)31-16-18-8-6-5-7-9-18/h5-15,17H,16H2,1-4H3,(H,26,27)/t17-/m0/s1. The van der Waals surface area contributed by atoms with Gasteiger partial charge < -0.3 is 24.3 Å². The maximum Gasteiger partial charge on any atom is 0.251 e. The lowest BCUT2D eigenvalue weighted by Gasteiger charge is -2.19. The Balaban J connectivity index is 1.73. The van der Waals surface area contributed by atoms with Gasteiger partial charge in [-0.1, -0.05) is 30.3 Å². The van der Waals surface area contributed by atoms with Crippen LogP contribution in [-0.4, -0.2) is 27.2 Å². The average molecular weight is 421 g/mol. The van der Waals surface area contributed by atoms with Crippen LogP contribution in [0.1, 0.15) is 34.5 Å². The van der Waals surface area contributed by atoms with Gasteiger partial charge in [0.2, 0.25) is 0 Å². The van der Waals surface area contributed by atoms with Crippen molar-refractivity contribution in [3.63, 3.8) is 0 Å². The quantitative estimate of drug-likeness (QED) is 0.539. The van der Waals surface area contributed by atoms with Gasteiger partial charge in [-0.3, -0.25) is 4.79 Å². The molecule has 31 heavy (non-hydrogen) atoms. The molecule has 0 bridgehead atoms. The molecule has 3 rings (SSSR count). The van der Waals surface area contributed by atoms with Gasteiger partial charge in [0.05, 0.1) is 27.4 Å². The van der Waals surface area contributed by atoms with Gasteiger partial charge in [0.15, 0.2) is 11.5 Å². The Morgan fingerprint density at radius 3 is 2.23 bits per heavy atom. The molecular weight excluding hydrogens is 394 g/mol. The molecule has 0 heterocycles. The summed E-state index contributed by atoms with van der Waals surface area (Å²) in [6, 6.07) is 20.2. The van der Waals surface area contributed by atoms with Crippen molar-refractivity contribution in [3.05, 3.63) is 83.4 Å². The number of ether oxygens (including phenoxy) is 4. The van der Waals surface area contributed by atoms with Crippen LogP contribution in [0.4, 0.5) is 0 Å². The van der Waals surface area contributed by atoms with Gasteiger partial charge in [0, 0.05) is 11.1 Å². The highest BCUT2D eigenvalue weighted by Crippen LogP contribution is 2.31. The fraction of sp³-hybridized carbons (Fsp3) is 0.240. The zero-order valence-electron chi connectivity index (χ0n) is 18.2. The molecule has 162 valence electrons. The van der Waals surface area contributed by atoms with Gasteiger partial charge in [0.25, 0.3) is 5.91 Å². The van der Waals surface area contributed by atoms with Crippen molar-refractivity contribution in [1.29, 1.82) is 0 Å². The first-order valence-electron chi connectivity index (χ1n) is 9.93. The number of benzene rings is 3. The Bertz CT molecular complexity index is 1020. The van der Waals surface area contributed by atoms with Gasteiger partial charge in [0.1, 0.15) is 18.1 Å². The van der Waals surface area contributed by atoms with Crippen LogP contribution in [0.3, 0.4) is 0 Å². The molecule has 0 aliphatic heterocycles. The molecule has 3 aromatic carbocycles. The van der Waals surface area contributed by atoms with Crippen LogP contribution in [0, 0.1) is 0 Å². The van der Waals surface area contributed by atoms with E-state index in [1.54, 1.807) is 39.5 Å². The Labute approximate surface area is 182 Å². The largest absolute Gasteiger partial charge is 0.497 e. The summed E-state index contributed by atoms with van der Waals surface area (Å²) in [6.45, 7) is 2.30. The number of nitrogens with one attached hydrogen (secondary N) is 1. The number of amides is 1. The van der Waals surface area contributed by atoms with E-state index in [-0.39, 0.29) is 11.9 Å². The summed E-state index contributed by atoms with van der Waals surface area (Å²) in [5, 5.41) is 3.00. The van der Waals surface area contributed by atoms with Crippen LogP contribution in [0.25, 0.3) is 0 Å². The molecular formula is C25H27NO5. The summed E-state index contributed by atoms with van der Waals surface area (Å²) in [6.07, 6.45) is 0. The number of hydrogen-bond donors (Lipinski definition) is 1. The summed E-state index contributed by atoms with van der Waals surface area (Å²) in [7, 11) is 4.75. The Hall–Kier alpha value is -3.67. The molecule has 1 amide bonds. The predicted molar refractivity (Wildman–Crippen MR) is 119 cm³/mol. The average Bonchev–Trinajstić information content (AvgIpc) is 2.82. The minimum absolute atomic E-state index is 0.231. The van der Waals surface area contributed by atoms with Crippen LogP contribution >= 0.6 is 0 Å². The summed E-state index contributed by atoms with van der Waals surface area (Å²) >= 11 is 0. The van der Waals surface area contributed by atoms with Crippen LogP contribution in [0.2, 0.25) is 0 Å². The first-order chi connectivity index (χ1) is 15.0. The first kappa shape index (κ1) is 22.0. The summed E-state index contributed by atoms with van der Waals surface area (Å²) in [4.78, 5) is 12.9. The van der Waals surface area contributed by atoms with E-state index < -0.39 is 0 Å². The molecule has 6 nitrogen and oxygen atoms in total. The van der Waals surface area contributed by atoms with Gasteiger partial charge in [-0.05, 0) is 48.9 Å². The third-order valence-electron chi connectivity index (χ3n) is 4.91. The third-order valence-corrected chi connectivity index (χ3v) is 4.91. The van der Waals surface area contributed by atoms with Crippen molar-refractivity contribution in [2.75, 3.05) is 21.3 Å². The van der Waals surface area contributed by atoms with Crippen molar-refractivity contribution in [1.82, 2.24) is 5.32 Å². The molecule has 1 atom stereocenters. The van der Waals surface area contributed by atoms with E-state index in [1.807, 2.05) is 55.5 Å². The van der Waals surface area contributed by atoms with Gasteiger partial charge >= 0.3 is 0 Å². The molecule has 0 spiro atoms. The highest BCUT2D eigenvalue weighted by molar-refractivity contribution is 5.95. The summed E-state index contributed by atoms with van der Waals surface area (Å²) < 4.78 is 22.0. The highest BCUT2D eigenvalue weighted by atomic mass is 16.5. The van der Waals surface area contributed by atoms with Crippen molar-refractivity contribution >= 4 is 5.91 Å². The lowest BCUT2D eigenvalue weighted by atomic mass is 10.1. The predicted octanol–water partition coefficient (Wildman–Crippen LogP) is 4.78. The number of carbonyl (C=O) groups excluding carboxylic acids is 1. The van der Waals surface area contributed by atoms with Crippen LogP contribution in [0.15, 0.2) is 66.7 Å². The van der Waals surface area contributed by atoms with Crippen LogP contribution in [-0.2, 0) is 6.61 Å². The summed E-state index contributed by atoms with van der Waals surface area (Å²) in [5.74, 6) is 2.21. The molecule has 0 radical (unpaired) electrons. The highest BCUT2D eigenvalue weighted by Gasteiger charge is 2.18. The molecule has 3 aromatic rings. The van der Waals surface area contributed by atoms with Gasteiger partial charge in [-0.2, -0.15) is 0 Å². The van der Waals surface area contributed by atoms with E-state index in [4.69, 9.17) is 18.9 Å². The second-order valence-electron chi connectivity index (χ2n) is 6.94. The van der Waals surface area contributed by atoms with E-state index in [9.17, 15) is 4.79 Å². The second kappa shape index (κ2) is 10.4. The molecule has 0 aliphatic carbocycles. The zero-order chi connectivity index (χ0) is 22.2. The monoisotopic (exact) mass is 421 g/mol. The molecule has 0 saturated heterocycles. The van der Waals surface area contributed by atoms with Crippen molar-refractivity contribution < 1.29 is 23.7 Å². The Morgan fingerprint density at radius 2 is 1.55 bits per heavy atom. The number of carbonyl (C=O) groups is 1. The normalized spacial score (nSPS) is 11.4. The zero-order valence-corrected chi connectivity index (χ0v) is 18.2. The number of methoxy groups -OCH3 is 3. The van der Waals surface area contributed by atoms with Crippen molar-refractivity contribution in [2.45, 2.75) is 19.6 Å². The van der Waals surface area contributed by atoms with Crippen LogP contribution < -0.4 is 24.3 Å². The van der Waals surface area contributed by atoms with Crippen molar-refractivity contribution in [2.24, 2.45) is 0 Å². The topological polar surface area (TPSA) is 66.0 Å². The van der Waals surface area contributed by atoms with Crippen LogP contribution in [0.5, 0.6) is 23.0 Å².